The van der Waals surface area contributed by atoms with Crippen LogP contribution >= 0.6 is 0 Å². The number of carbonyl (C=O) groups excluding carboxylic acids is 1. The number of halogens is 1. The van der Waals surface area contributed by atoms with E-state index in [0.29, 0.717) is 43.9 Å². The molecule has 3 rings (SSSR count). The first-order chi connectivity index (χ1) is 11.6. The number of piperazine rings is 1. The van der Waals surface area contributed by atoms with E-state index in [1.165, 1.54) is 12.1 Å². The minimum absolute atomic E-state index is 0.0103. The molecule has 1 N–H and O–H groups in total. The minimum atomic E-state index is -0.659. The van der Waals surface area contributed by atoms with Gasteiger partial charge in [-0.2, -0.15) is 0 Å². The van der Waals surface area contributed by atoms with Gasteiger partial charge in [0.25, 0.3) is 5.91 Å². The Morgan fingerprint density at radius 2 is 1.71 bits per heavy atom. The average Bonchev–Trinajstić information content (AvgIpc) is 2.63. The zero-order valence-corrected chi connectivity index (χ0v) is 13.3. The molecule has 5 nitrogen and oxygen atoms in total. The highest BCUT2D eigenvalue weighted by Gasteiger charge is 2.23. The first-order valence-corrected chi connectivity index (χ1v) is 7.98. The molecule has 1 aromatic heterocycles. The Labute approximate surface area is 140 Å². The van der Waals surface area contributed by atoms with E-state index in [2.05, 4.69) is 9.88 Å². The number of aliphatic hydroxyl groups is 1. The fraction of sp³-hybridized carbons (Fsp3) is 0.333. The Balaban J connectivity index is 1.52. The van der Waals surface area contributed by atoms with Crippen LogP contribution in [-0.4, -0.2) is 58.5 Å². The number of β-amino-alcohol motifs (C(OH)–C–C–N with tert-alkyl or cyclic N) is 1. The van der Waals surface area contributed by atoms with Crippen LogP contribution < -0.4 is 0 Å². The molecule has 24 heavy (non-hydrogen) atoms. The van der Waals surface area contributed by atoms with Gasteiger partial charge in [-0.1, -0.05) is 12.1 Å². The monoisotopic (exact) mass is 329 g/mol. The maximum absolute atomic E-state index is 12.9. The van der Waals surface area contributed by atoms with Crippen molar-refractivity contribution in [2.45, 2.75) is 6.10 Å². The normalized spacial score (nSPS) is 16.8. The molecular formula is C18H20FN3O2. The van der Waals surface area contributed by atoms with E-state index < -0.39 is 6.10 Å². The summed E-state index contributed by atoms with van der Waals surface area (Å²) in [7, 11) is 0. The first-order valence-electron chi connectivity index (χ1n) is 7.98. The largest absolute Gasteiger partial charge is 0.387 e. The van der Waals surface area contributed by atoms with Crippen molar-refractivity contribution in [3.05, 3.63) is 65.7 Å². The van der Waals surface area contributed by atoms with Crippen LogP contribution in [0.4, 0.5) is 4.39 Å². The van der Waals surface area contributed by atoms with Crippen molar-refractivity contribution in [3.8, 4) is 0 Å². The molecule has 0 bridgehead atoms. The molecule has 1 aromatic carbocycles. The summed E-state index contributed by atoms with van der Waals surface area (Å²) in [5, 5.41) is 10.3. The van der Waals surface area contributed by atoms with Crippen LogP contribution in [0.2, 0.25) is 0 Å². The zero-order valence-electron chi connectivity index (χ0n) is 13.3. The van der Waals surface area contributed by atoms with Gasteiger partial charge in [-0.25, -0.2) is 4.39 Å². The second kappa shape index (κ2) is 7.51. The van der Waals surface area contributed by atoms with Gasteiger partial charge in [-0.15, -0.1) is 0 Å². The molecule has 6 heteroatoms. The number of aliphatic hydroxyl groups excluding tert-OH is 1. The van der Waals surface area contributed by atoms with Gasteiger partial charge in [-0.05, 0) is 29.8 Å². The fourth-order valence-corrected chi connectivity index (χ4v) is 2.85. The van der Waals surface area contributed by atoms with E-state index in [1.807, 2.05) is 4.90 Å². The molecule has 2 aromatic rings. The molecule has 1 aliphatic heterocycles. The van der Waals surface area contributed by atoms with Crippen LogP contribution in [0.1, 0.15) is 22.0 Å². The number of carbonyl (C=O) groups is 1. The second-order valence-electron chi connectivity index (χ2n) is 5.90. The number of rotatable bonds is 4. The summed E-state index contributed by atoms with van der Waals surface area (Å²) < 4.78 is 12.9. The molecule has 1 unspecified atom stereocenters. The lowest BCUT2D eigenvalue weighted by Gasteiger charge is -2.35. The highest BCUT2D eigenvalue weighted by Crippen LogP contribution is 2.16. The highest BCUT2D eigenvalue weighted by atomic mass is 19.1. The first kappa shape index (κ1) is 16.5. The van der Waals surface area contributed by atoms with Crippen molar-refractivity contribution in [1.29, 1.82) is 0 Å². The molecule has 0 aliphatic carbocycles. The number of pyridine rings is 1. The van der Waals surface area contributed by atoms with Gasteiger partial charge in [0.2, 0.25) is 0 Å². The molecule has 2 heterocycles. The van der Waals surface area contributed by atoms with Crippen molar-refractivity contribution < 1.29 is 14.3 Å². The molecule has 0 spiro atoms. The molecule has 126 valence electrons. The van der Waals surface area contributed by atoms with E-state index in [9.17, 15) is 14.3 Å². The Morgan fingerprint density at radius 3 is 2.33 bits per heavy atom. The van der Waals surface area contributed by atoms with Crippen molar-refractivity contribution >= 4 is 5.91 Å². The average molecular weight is 329 g/mol. The predicted octanol–water partition coefficient (Wildman–Crippen LogP) is 1.71. The minimum Gasteiger partial charge on any atom is -0.387 e. The van der Waals surface area contributed by atoms with Gasteiger partial charge in [0.05, 0.1) is 6.10 Å². The third-order valence-electron chi connectivity index (χ3n) is 4.27. The summed E-state index contributed by atoms with van der Waals surface area (Å²) in [5.74, 6) is -0.301. The molecule has 1 aliphatic rings. The summed E-state index contributed by atoms with van der Waals surface area (Å²) in [6.07, 6.45) is 2.57. The Hall–Kier alpha value is -2.31. The summed E-state index contributed by atoms with van der Waals surface area (Å²) in [4.78, 5) is 20.2. The maximum atomic E-state index is 12.9. The van der Waals surface area contributed by atoms with Crippen LogP contribution in [-0.2, 0) is 0 Å². The summed E-state index contributed by atoms with van der Waals surface area (Å²) in [6.45, 7) is 3.13. The van der Waals surface area contributed by atoms with Gasteiger partial charge in [-0.3, -0.25) is 14.7 Å². The van der Waals surface area contributed by atoms with Crippen molar-refractivity contribution in [1.82, 2.24) is 14.8 Å². The van der Waals surface area contributed by atoms with Crippen LogP contribution in [0.5, 0.6) is 0 Å². The van der Waals surface area contributed by atoms with Crippen LogP contribution in [0.15, 0.2) is 48.8 Å². The van der Waals surface area contributed by atoms with Gasteiger partial charge < -0.3 is 10.0 Å². The predicted molar refractivity (Wildman–Crippen MR) is 87.9 cm³/mol. The smallest absolute Gasteiger partial charge is 0.254 e. The lowest BCUT2D eigenvalue weighted by Crippen LogP contribution is -2.49. The number of benzene rings is 1. The van der Waals surface area contributed by atoms with Crippen molar-refractivity contribution in [2.24, 2.45) is 0 Å². The fourth-order valence-electron chi connectivity index (χ4n) is 2.85. The third-order valence-corrected chi connectivity index (χ3v) is 4.27. The Kier molecular flexibility index (Phi) is 5.17. The highest BCUT2D eigenvalue weighted by molar-refractivity contribution is 5.94. The Bertz CT molecular complexity index is 670. The standard InChI is InChI=1S/C18H20FN3O2/c19-16-3-1-14(2-4-16)17(23)13-21-9-11-22(12-10-21)18(24)15-5-7-20-8-6-15/h1-8,17,23H,9-13H2. The summed E-state index contributed by atoms with van der Waals surface area (Å²) >= 11 is 0. The molecule has 1 atom stereocenters. The summed E-state index contributed by atoms with van der Waals surface area (Å²) in [5.41, 5.74) is 1.34. The van der Waals surface area contributed by atoms with Gasteiger partial charge in [0, 0.05) is 50.7 Å². The number of hydrogen-bond donors (Lipinski definition) is 1. The third kappa shape index (κ3) is 3.96. The van der Waals surface area contributed by atoms with Crippen molar-refractivity contribution in [2.75, 3.05) is 32.7 Å². The van der Waals surface area contributed by atoms with E-state index in [4.69, 9.17) is 0 Å². The van der Waals surface area contributed by atoms with Gasteiger partial charge in [0.1, 0.15) is 5.82 Å². The topological polar surface area (TPSA) is 56.7 Å². The molecule has 0 saturated carbocycles. The second-order valence-corrected chi connectivity index (χ2v) is 5.90. The van der Waals surface area contributed by atoms with E-state index in [-0.39, 0.29) is 11.7 Å². The lowest BCUT2D eigenvalue weighted by molar-refractivity contribution is 0.0527. The van der Waals surface area contributed by atoms with E-state index in [0.717, 1.165) is 0 Å². The quantitative estimate of drug-likeness (QED) is 0.928. The van der Waals surface area contributed by atoms with Crippen LogP contribution in [0.3, 0.4) is 0 Å². The maximum Gasteiger partial charge on any atom is 0.254 e. The number of hydrogen-bond acceptors (Lipinski definition) is 4. The molecular weight excluding hydrogens is 309 g/mol. The van der Waals surface area contributed by atoms with E-state index >= 15 is 0 Å². The van der Waals surface area contributed by atoms with Gasteiger partial charge >= 0.3 is 0 Å². The van der Waals surface area contributed by atoms with Crippen molar-refractivity contribution in [3.63, 3.8) is 0 Å². The van der Waals surface area contributed by atoms with Gasteiger partial charge in [0.15, 0.2) is 0 Å². The zero-order chi connectivity index (χ0) is 16.9. The number of nitrogens with zero attached hydrogens (tertiary/aromatic N) is 3. The SMILES string of the molecule is O=C(c1ccncc1)N1CCN(CC(O)c2ccc(F)cc2)CC1. The molecule has 1 saturated heterocycles. The molecule has 1 amide bonds. The molecule has 1 fully saturated rings. The van der Waals surface area contributed by atoms with Crippen LogP contribution in [0, 0.1) is 5.82 Å². The number of amides is 1. The van der Waals surface area contributed by atoms with Crippen LogP contribution in [0.25, 0.3) is 0 Å². The van der Waals surface area contributed by atoms with E-state index in [1.54, 1.807) is 36.7 Å². The summed E-state index contributed by atoms with van der Waals surface area (Å²) in [6, 6.07) is 9.33. The Morgan fingerprint density at radius 1 is 1.08 bits per heavy atom. The molecule has 0 radical (unpaired) electrons. The lowest BCUT2D eigenvalue weighted by atomic mass is 10.1. The number of aromatic nitrogens is 1.